The topological polar surface area (TPSA) is 119 Å². The first-order valence-electron chi connectivity index (χ1n) is 4.06. The highest BCUT2D eigenvalue weighted by atomic mass is 31.2. The summed E-state index contributed by atoms with van der Waals surface area (Å²) in [6, 6.07) is 5.72. The molecule has 0 radical (unpaired) electrons. The lowest BCUT2D eigenvalue weighted by atomic mass is 10.5. The third kappa shape index (κ3) is 18.3. The Bertz CT molecular complexity index is 323. The Morgan fingerprint density at radius 2 is 1.50 bits per heavy atom. The van der Waals surface area contributed by atoms with E-state index in [4.69, 9.17) is 19.2 Å². The highest BCUT2D eigenvalue weighted by Crippen LogP contribution is 2.25. The maximum Gasteiger partial charge on any atom is 0.466 e. The van der Waals surface area contributed by atoms with Crippen LogP contribution in [0.2, 0.25) is 0 Å². The Balaban J connectivity index is 0.000000213. The monoisotopic (exact) mass is 245 g/mol. The third-order valence-corrected chi connectivity index (χ3v) is 0.972. The molecule has 0 aliphatic carbocycles. The average molecular weight is 245 g/mol. The van der Waals surface area contributed by atoms with E-state index in [-0.39, 0.29) is 0 Å². The predicted octanol–water partition coefficient (Wildman–Crippen LogP) is 0.563. The molecule has 0 unspecified atom stereocenters. The number of pyridine rings is 1. The van der Waals surface area contributed by atoms with Gasteiger partial charge in [0.1, 0.15) is 0 Å². The maximum atomic E-state index is 8.88. The summed E-state index contributed by atoms with van der Waals surface area (Å²) in [6.07, 6.45) is 8.58. The van der Waals surface area contributed by atoms with Crippen LogP contribution >= 0.6 is 7.82 Å². The van der Waals surface area contributed by atoms with Gasteiger partial charge in [0.15, 0.2) is 0 Å². The van der Waals surface area contributed by atoms with Gasteiger partial charge in [0, 0.05) is 24.8 Å². The van der Waals surface area contributed by atoms with E-state index in [1.807, 2.05) is 18.2 Å². The van der Waals surface area contributed by atoms with E-state index in [9.17, 15) is 0 Å². The molecule has 8 heteroatoms. The highest BCUT2D eigenvalue weighted by Gasteiger charge is 2.00. The van der Waals surface area contributed by atoms with E-state index in [1.165, 1.54) is 0 Å². The molecule has 2 aromatic rings. The average Bonchev–Trinajstić information content (AvgIpc) is 2.75. The van der Waals surface area contributed by atoms with Gasteiger partial charge < -0.3 is 19.7 Å². The zero-order chi connectivity index (χ0) is 12.3. The van der Waals surface area contributed by atoms with Crippen LogP contribution in [0.1, 0.15) is 0 Å². The maximum absolute atomic E-state index is 8.88. The van der Waals surface area contributed by atoms with E-state index in [1.54, 1.807) is 31.1 Å². The summed E-state index contributed by atoms with van der Waals surface area (Å²) in [7, 11) is -4.64. The second-order valence-corrected chi connectivity index (χ2v) is 3.32. The van der Waals surface area contributed by atoms with E-state index in [0.717, 1.165) is 0 Å². The molecule has 2 rings (SSSR count). The van der Waals surface area contributed by atoms with Crippen LogP contribution in [0.4, 0.5) is 0 Å². The number of nitrogens with zero attached hydrogens (tertiary/aromatic N) is 2. The van der Waals surface area contributed by atoms with E-state index in [2.05, 4.69) is 15.0 Å². The lowest BCUT2D eigenvalue weighted by Crippen LogP contribution is -1.66. The molecular formula is C8H12N3O4P. The van der Waals surface area contributed by atoms with Crippen LogP contribution in [-0.2, 0) is 4.57 Å². The smallest absolute Gasteiger partial charge is 0.351 e. The van der Waals surface area contributed by atoms with Crippen molar-refractivity contribution in [1.29, 1.82) is 0 Å². The standard InChI is InChI=1S/C5H5N.C3H4N2.H3O4P/c1-2-4-6-5-3-1;1-2-5-3-4-1;1-5(2,3)4/h1-5H;1-3H,(H,4,5);(H3,1,2,3,4). The predicted molar refractivity (Wildman–Crippen MR) is 57.1 cm³/mol. The van der Waals surface area contributed by atoms with Crippen LogP contribution < -0.4 is 0 Å². The zero-order valence-electron chi connectivity index (χ0n) is 8.21. The minimum atomic E-state index is -4.64. The minimum Gasteiger partial charge on any atom is -0.351 e. The quantitative estimate of drug-likeness (QED) is 0.503. The van der Waals surface area contributed by atoms with Gasteiger partial charge in [-0.3, -0.25) is 4.98 Å². The Morgan fingerprint density at radius 3 is 1.62 bits per heavy atom. The molecule has 4 N–H and O–H groups in total. The number of H-pyrrole nitrogens is 1. The van der Waals surface area contributed by atoms with Crippen LogP contribution in [0.25, 0.3) is 0 Å². The number of hydrogen-bond acceptors (Lipinski definition) is 3. The van der Waals surface area contributed by atoms with E-state index in [0.29, 0.717) is 0 Å². The van der Waals surface area contributed by atoms with Gasteiger partial charge in [0.25, 0.3) is 0 Å². The fraction of sp³-hybridized carbons (Fsp3) is 0. The molecule has 0 amide bonds. The van der Waals surface area contributed by atoms with Crippen molar-refractivity contribution >= 4 is 7.82 Å². The molecule has 7 nitrogen and oxygen atoms in total. The van der Waals surface area contributed by atoms with Crippen LogP contribution in [0.3, 0.4) is 0 Å². The SMILES string of the molecule is O=P(O)(O)O.c1c[nH]cn1.c1ccncc1. The molecule has 2 aromatic heterocycles. The van der Waals surface area contributed by atoms with Crippen LogP contribution in [-0.4, -0.2) is 29.6 Å². The molecule has 0 fully saturated rings. The Hall–Kier alpha value is -1.53. The normalized spacial score (nSPS) is 9.19. The summed E-state index contributed by atoms with van der Waals surface area (Å²) in [4.78, 5) is 31.8. The Labute approximate surface area is 92.1 Å². The number of rotatable bonds is 0. The van der Waals surface area contributed by atoms with Crippen molar-refractivity contribution < 1.29 is 19.2 Å². The lowest BCUT2D eigenvalue weighted by molar-refractivity contribution is 0.275. The first-order chi connectivity index (χ1) is 7.50. The molecule has 0 saturated carbocycles. The van der Waals surface area contributed by atoms with Crippen LogP contribution in [0.15, 0.2) is 49.3 Å². The molecule has 0 saturated heterocycles. The number of hydrogen-bond donors (Lipinski definition) is 4. The second-order valence-electron chi connectivity index (χ2n) is 2.30. The summed E-state index contributed by atoms with van der Waals surface area (Å²) in [5, 5.41) is 0. The number of aromatic nitrogens is 3. The second kappa shape index (κ2) is 8.75. The third-order valence-electron chi connectivity index (χ3n) is 0.972. The molecule has 0 aliphatic rings. The van der Waals surface area contributed by atoms with Gasteiger partial charge in [-0.05, 0) is 12.1 Å². The molecule has 0 atom stereocenters. The Kier molecular flexibility index (Phi) is 7.92. The first-order valence-corrected chi connectivity index (χ1v) is 5.62. The van der Waals surface area contributed by atoms with Gasteiger partial charge in [-0.25, -0.2) is 9.55 Å². The summed E-state index contributed by atoms with van der Waals surface area (Å²) >= 11 is 0. The van der Waals surface area contributed by atoms with Crippen molar-refractivity contribution in [1.82, 2.24) is 15.0 Å². The van der Waals surface area contributed by atoms with Gasteiger partial charge >= 0.3 is 7.82 Å². The number of aromatic amines is 1. The van der Waals surface area contributed by atoms with Crippen molar-refractivity contribution in [3.63, 3.8) is 0 Å². The fourth-order valence-electron chi connectivity index (χ4n) is 0.528. The summed E-state index contributed by atoms with van der Waals surface area (Å²) < 4.78 is 8.88. The molecule has 0 aromatic carbocycles. The largest absolute Gasteiger partial charge is 0.466 e. The fourth-order valence-corrected chi connectivity index (χ4v) is 0.528. The van der Waals surface area contributed by atoms with Crippen LogP contribution in [0, 0.1) is 0 Å². The van der Waals surface area contributed by atoms with Crippen LogP contribution in [0.5, 0.6) is 0 Å². The van der Waals surface area contributed by atoms with Crippen molar-refractivity contribution in [2.45, 2.75) is 0 Å². The molecule has 0 spiro atoms. The van der Waals surface area contributed by atoms with Gasteiger partial charge in [-0.1, -0.05) is 6.07 Å². The zero-order valence-corrected chi connectivity index (χ0v) is 9.10. The number of imidazole rings is 1. The van der Waals surface area contributed by atoms with Gasteiger partial charge in [-0.15, -0.1) is 0 Å². The molecule has 88 valence electrons. The molecular weight excluding hydrogens is 233 g/mol. The molecule has 2 heterocycles. The van der Waals surface area contributed by atoms with Crippen molar-refractivity contribution in [2.24, 2.45) is 0 Å². The minimum absolute atomic E-state index is 1.62. The van der Waals surface area contributed by atoms with Crippen molar-refractivity contribution in [3.8, 4) is 0 Å². The van der Waals surface area contributed by atoms with E-state index < -0.39 is 7.82 Å². The summed E-state index contributed by atoms with van der Waals surface area (Å²) in [5.74, 6) is 0. The van der Waals surface area contributed by atoms with Gasteiger partial charge in [0.2, 0.25) is 0 Å². The summed E-state index contributed by atoms with van der Waals surface area (Å²) in [5.41, 5.74) is 0. The van der Waals surface area contributed by atoms with Gasteiger partial charge in [-0.2, -0.15) is 0 Å². The lowest BCUT2D eigenvalue weighted by Gasteiger charge is -1.82. The highest BCUT2D eigenvalue weighted by molar-refractivity contribution is 7.45. The number of phosphoric acid groups is 1. The number of nitrogens with one attached hydrogen (secondary N) is 1. The molecule has 0 aliphatic heterocycles. The summed E-state index contributed by atoms with van der Waals surface area (Å²) in [6.45, 7) is 0. The van der Waals surface area contributed by atoms with E-state index >= 15 is 0 Å². The molecule has 0 bridgehead atoms. The van der Waals surface area contributed by atoms with Crippen molar-refractivity contribution in [2.75, 3.05) is 0 Å². The first kappa shape index (κ1) is 14.5. The molecule has 16 heavy (non-hydrogen) atoms. The van der Waals surface area contributed by atoms with Gasteiger partial charge in [0.05, 0.1) is 6.33 Å². The Morgan fingerprint density at radius 1 is 0.938 bits per heavy atom. The van der Waals surface area contributed by atoms with Crippen molar-refractivity contribution in [3.05, 3.63) is 49.3 Å².